The molecule has 0 radical (unpaired) electrons. The molecule has 2 aromatic rings. The highest BCUT2D eigenvalue weighted by Gasteiger charge is 2.07. The smallest absolute Gasteiger partial charge is 0.0617 e. The van der Waals surface area contributed by atoms with Crippen LogP contribution < -0.4 is 5.73 Å². The lowest BCUT2D eigenvalue weighted by Crippen LogP contribution is -2.02. The van der Waals surface area contributed by atoms with Gasteiger partial charge in [0, 0.05) is 18.3 Å². The Kier molecular flexibility index (Phi) is 3.02. The summed E-state index contributed by atoms with van der Waals surface area (Å²) in [5, 5.41) is 0. The van der Waals surface area contributed by atoms with Gasteiger partial charge < -0.3 is 5.73 Å². The van der Waals surface area contributed by atoms with Gasteiger partial charge in [-0.1, -0.05) is 29.8 Å². The first-order valence-electron chi connectivity index (χ1n) is 5.44. The lowest BCUT2D eigenvalue weighted by molar-refractivity contribution is 0.993. The van der Waals surface area contributed by atoms with Crippen LogP contribution >= 0.6 is 0 Å². The topological polar surface area (TPSA) is 38.9 Å². The maximum Gasteiger partial charge on any atom is 0.0617 e. The van der Waals surface area contributed by atoms with Crippen molar-refractivity contribution >= 4 is 0 Å². The number of benzene rings is 1. The van der Waals surface area contributed by atoms with Gasteiger partial charge >= 0.3 is 0 Å². The second-order valence-electron chi connectivity index (χ2n) is 4.02. The Balaban J connectivity index is 2.62. The molecular formula is C14H16N2. The van der Waals surface area contributed by atoms with Crippen LogP contribution in [0.5, 0.6) is 0 Å². The molecule has 0 aliphatic carbocycles. The van der Waals surface area contributed by atoms with Crippen LogP contribution in [0.15, 0.2) is 36.5 Å². The molecule has 1 heterocycles. The summed E-state index contributed by atoms with van der Waals surface area (Å²) in [4.78, 5) is 4.32. The Morgan fingerprint density at radius 1 is 1.12 bits per heavy atom. The molecule has 0 unspecified atom stereocenters. The molecule has 0 atom stereocenters. The predicted molar refractivity (Wildman–Crippen MR) is 67.0 cm³/mol. The van der Waals surface area contributed by atoms with Crippen molar-refractivity contribution < 1.29 is 0 Å². The molecule has 0 saturated carbocycles. The summed E-state index contributed by atoms with van der Waals surface area (Å²) < 4.78 is 0. The van der Waals surface area contributed by atoms with Gasteiger partial charge in [-0.25, -0.2) is 0 Å². The fourth-order valence-electron chi connectivity index (χ4n) is 1.87. The average Bonchev–Trinajstić information content (AvgIpc) is 2.32. The molecule has 2 nitrogen and oxygen atoms in total. The van der Waals surface area contributed by atoms with E-state index in [2.05, 4.69) is 43.1 Å². The number of aryl methyl sites for hydroxylation is 2. The van der Waals surface area contributed by atoms with E-state index in [-0.39, 0.29) is 0 Å². The second-order valence-corrected chi connectivity index (χ2v) is 4.02. The van der Waals surface area contributed by atoms with Gasteiger partial charge in [-0.15, -0.1) is 0 Å². The van der Waals surface area contributed by atoms with E-state index < -0.39 is 0 Å². The minimum Gasteiger partial charge on any atom is -0.325 e. The third kappa shape index (κ3) is 1.97. The lowest BCUT2D eigenvalue weighted by Gasteiger charge is -2.10. The van der Waals surface area contributed by atoms with Gasteiger partial charge in [0.1, 0.15) is 0 Å². The van der Waals surface area contributed by atoms with Crippen molar-refractivity contribution in [3.8, 4) is 11.1 Å². The zero-order chi connectivity index (χ0) is 11.5. The number of pyridine rings is 1. The molecule has 0 aliphatic heterocycles. The molecular weight excluding hydrogens is 196 g/mol. The summed E-state index contributed by atoms with van der Waals surface area (Å²) in [6.45, 7) is 4.69. The van der Waals surface area contributed by atoms with Gasteiger partial charge in [0.2, 0.25) is 0 Å². The normalized spacial score (nSPS) is 10.4. The second kappa shape index (κ2) is 4.45. The molecule has 2 N–H and O–H groups in total. The van der Waals surface area contributed by atoms with Crippen LogP contribution in [0.2, 0.25) is 0 Å². The maximum absolute atomic E-state index is 5.71. The fourth-order valence-corrected chi connectivity index (χ4v) is 1.87. The summed E-state index contributed by atoms with van der Waals surface area (Å²) in [6.07, 6.45) is 1.79. The highest BCUT2D eigenvalue weighted by atomic mass is 14.7. The first-order valence-corrected chi connectivity index (χ1v) is 5.44. The van der Waals surface area contributed by atoms with E-state index in [9.17, 15) is 0 Å². The molecule has 0 amide bonds. The molecule has 0 spiro atoms. The predicted octanol–water partition coefficient (Wildman–Crippen LogP) is 2.82. The van der Waals surface area contributed by atoms with Gasteiger partial charge in [-0.05, 0) is 31.0 Å². The lowest BCUT2D eigenvalue weighted by atomic mass is 9.97. The largest absolute Gasteiger partial charge is 0.325 e. The molecule has 1 aromatic heterocycles. The van der Waals surface area contributed by atoms with E-state index in [1.54, 1.807) is 6.20 Å². The van der Waals surface area contributed by atoms with E-state index in [0.29, 0.717) is 6.54 Å². The Hall–Kier alpha value is -1.67. The van der Waals surface area contributed by atoms with Crippen LogP contribution in [0.4, 0.5) is 0 Å². The third-order valence-electron chi connectivity index (χ3n) is 2.77. The Morgan fingerprint density at radius 2 is 1.94 bits per heavy atom. The Bertz CT molecular complexity index is 504. The minimum atomic E-state index is 0.476. The molecule has 1 aromatic carbocycles. The van der Waals surface area contributed by atoms with Crippen LogP contribution in [-0.4, -0.2) is 4.98 Å². The van der Waals surface area contributed by atoms with Crippen molar-refractivity contribution in [1.29, 1.82) is 0 Å². The van der Waals surface area contributed by atoms with Gasteiger partial charge in [0.05, 0.1) is 5.69 Å². The van der Waals surface area contributed by atoms with Gasteiger partial charge in [-0.2, -0.15) is 0 Å². The van der Waals surface area contributed by atoms with Crippen molar-refractivity contribution in [3.05, 3.63) is 53.3 Å². The van der Waals surface area contributed by atoms with E-state index in [0.717, 1.165) is 11.3 Å². The van der Waals surface area contributed by atoms with Crippen molar-refractivity contribution in [2.24, 2.45) is 5.73 Å². The van der Waals surface area contributed by atoms with E-state index in [1.807, 2.05) is 6.07 Å². The zero-order valence-electron chi connectivity index (χ0n) is 9.70. The maximum atomic E-state index is 5.71. The number of nitrogens with two attached hydrogens (primary N) is 1. The van der Waals surface area contributed by atoms with E-state index >= 15 is 0 Å². The summed E-state index contributed by atoms with van der Waals surface area (Å²) in [5.41, 5.74) is 11.6. The highest BCUT2D eigenvalue weighted by molar-refractivity contribution is 5.69. The average molecular weight is 212 g/mol. The monoisotopic (exact) mass is 212 g/mol. The quantitative estimate of drug-likeness (QED) is 0.831. The number of hydrogen-bond donors (Lipinski definition) is 1. The Morgan fingerprint density at radius 3 is 2.69 bits per heavy atom. The van der Waals surface area contributed by atoms with Crippen LogP contribution in [0.1, 0.15) is 16.8 Å². The summed E-state index contributed by atoms with van der Waals surface area (Å²) >= 11 is 0. The van der Waals surface area contributed by atoms with Gasteiger partial charge in [-0.3, -0.25) is 4.98 Å². The summed E-state index contributed by atoms with van der Waals surface area (Å²) in [5.74, 6) is 0. The zero-order valence-corrected chi connectivity index (χ0v) is 9.70. The van der Waals surface area contributed by atoms with Crippen LogP contribution in [-0.2, 0) is 6.54 Å². The Labute approximate surface area is 96.1 Å². The number of nitrogens with zero attached hydrogens (tertiary/aromatic N) is 1. The molecule has 16 heavy (non-hydrogen) atoms. The molecule has 2 rings (SSSR count). The first-order chi connectivity index (χ1) is 7.72. The SMILES string of the molecule is Cc1ccc(C)c(-c2cccnc2CN)c1. The van der Waals surface area contributed by atoms with Crippen LogP contribution in [0, 0.1) is 13.8 Å². The van der Waals surface area contributed by atoms with Crippen LogP contribution in [0.3, 0.4) is 0 Å². The summed E-state index contributed by atoms with van der Waals surface area (Å²) in [7, 11) is 0. The molecule has 2 heteroatoms. The van der Waals surface area contributed by atoms with Crippen molar-refractivity contribution in [1.82, 2.24) is 4.98 Å². The first kappa shape index (κ1) is 10.8. The van der Waals surface area contributed by atoms with Crippen molar-refractivity contribution in [2.45, 2.75) is 20.4 Å². The van der Waals surface area contributed by atoms with Crippen molar-refractivity contribution in [3.63, 3.8) is 0 Å². The van der Waals surface area contributed by atoms with Gasteiger partial charge in [0.25, 0.3) is 0 Å². The fraction of sp³-hybridized carbons (Fsp3) is 0.214. The molecule has 0 fully saturated rings. The van der Waals surface area contributed by atoms with E-state index in [1.165, 1.54) is 16.7 Å². The van der Waals surface area contributed by atoms with E-state index in [4.69, 9.17) is 5.73 Å². The third-order valence-corrected chi connectivity index (χ3v) is 2.77. The molecule has 0 bridgehead atoms. The molecule has 82 valence electrons. The minimum absolute atomic E-state index is 0.476. The van der Waals surface area contributed by atoms with Crippen molar-refractivity contribution in [2.75, 3.05) is 0 Å². The number of hydrogen-bond acceptors (Lipinski definition) is 2. The molecule has 0 saturated heterocycles. The summed E-state index contributed by atoms with van der Waals surface area (Å²) in [6, 6.07) is 10.5. The number of aromatic nitrogens is 1. The highest BCUT2D eigenvalue weighted by Crippen LogP contribution is 2.26. The number of rotatable bonds is 2. The van der Waals surface area contributed by atoms with Crippen LogP contribution in [0.25, 0.3) is 11.1 Å². The standard InChI is InChI=1S/C14H16N2/c1-10-5-6-11(2)13(8-10)12-4-3-7-16-14(12)9-15/h3-8H,9,15H2,1-2H3. The van der Waals surface area contributed by atoms with Gasteiger partial charge in [0.15, 0.2) is 0 Å². The molecule has 0 aliphatic rings.